The molecule has 1 unspecified atom stereocenters. The van der Waals surface area contributed by atoms with Gasteiger partial charge in [0.05, 0.1) is 12.6 Å². The van der Waals surface area contributed by atoms with Crippen molar-refractivity contribution in [3.63, 3.8) is 0 Å². The minimum absolute atomic E-state index is 0.203. The van der Waals surface area contributed by atoms with E-state index in [1.54, 1.807) is 0 Å². The molecule has 1 saturated heterocycles. The van der Waals surface area contributed by atoms with Crippen LogP contribution in [0.2, 0.25) is 0 Å². The molecule has 0 saturated carbocycles. The Hall–Kier alpha value is -1.72. The van der Waals surface area contributed by atoms with Crippen LogP contribution in [0.4, 0.5) is 0 Å². The molecule has 5 heteroatoms. The average Bonchev–Trinajstić information content (AvgIpc) is 2.81. The molecule has 1 aliphatic rings. The molecule has 0 amide bonds. The third-order valence-corrected chi connectivity index (χ3v) is 3.84. The van der Waals surface area contributed by atoms with E-state index in [2.05, 4.69) is 15.1 Å². The highest BCUT2D eigenvalue weighted by Gasteiger charge is 2.20. The number of hydrogen-bond donors (Lipinski definition) is 1. The number of aliphatic hydroxyl groups excluding tert-OH is 1. The lowest BCUT2D eigenvalue weighted by Gasteiger charge is -2.29. The number of likely N-dealkylation sites (tertiary alicyclic amines) is 1. The molecule has 0 aliphatic carbocycles. The van der Waals surface area contributed by atoms with E-state index in [4.69, 9.17) is 0 Å². The Morgan fingerprint density at radius 1 is 1.25 bits per heavy atom. The van der Waals surface area contributed by atoms with Gasteiger partial charge in [0.15, 0.2) is 5.82 Å². The summed E-state index contributed by atoms with van der Waals surface area (Å²) >= 11 is 0. The second-order valence-electron chi connectivity index (χ2n) is 5.40. The third kappa shape index (κ3) is 2.73. The summed E-state index contributed by atoms with van der Waals surface area (Å²) in [6.07, 6.45) is 1.75. The van der Waals surface area contributed by atoms with Crippen molar-refractivity contribution in [2.45, 2.75) is 25.5 Å². The smallest absolute Gasteiger partial charge is 0.163 e. The first kappa shape index (κ1) is 13.3. The van der Waals surface area contributed by atoms with Crippen LogP contribution in [0.5, 0.6) is 0 Å². The molecule has 106 valence electrons. The van der Waals surface area contributed by atoms with Gasteiger partial charge >= 0.3 is 0 Å². The molecule has 0 bridgehead atoms. The van der Waals surface area contributed by atoms with Crippen LogP contribution < -0.4 is 0 Å². The van der Waals surface area contributed by atoms with E-state index in [1.165, 1.54) is 0 Å². The molecule has 3 rings (SSSR count). The lowest BCUT2D eigenvalue weighted by atomic mass is 10.1. The second kappa shape index (κ2) is 5.73. The van der Waals surface area contributed by atoms with E-state index in [9.17, 15) is 5.11 Å². The van der Waals surface area contributed by atoms with Crippen molar-refractivity contribution < 1.29 is 5.11 Å². The molecule has 1 N–H and O–H groups in total. The van der Waals surface area contributed by atoms with Crippen LogP contribution >= 0.6 is 0 Å². The predicted molar refractivity (Wildman–Crippen MR) is 77.0 cm³/mol. The molecule has 1 aromatic heterocycles. The summed E-state index contributed by atoms with van der Waals surface area (Å²) in [5, 5.41) is 18.3. The number of piperidine rings is 1. The topological polar surface area (TPSA) is 54.2 Å². The number of aliphatic hydroxyl groups is 1. The van der Waals surface area contributed by atoms with Crippen molar-refractivity contribution in [2.75, 3.05) is 13.1 Å². The summed E-state index contributed by atoms with van der Waals surface area (Å²) in [5.74, 6) is 1.83. The standard InChI is InChI=1S/C15H20N4O/c1-18-14(11-19-9-5-8-13(20)10-19)16-17-15(18)12-6-3-2-4-7-12/h2-4,6-7,13,20H,5,8-11H2,1H3. The Bertz CT molecular complexity index is 567. The summed E-state index contributed by atoms with van der Waals surface area (Å²) in [7, 11) is 2.00. The van der Waals surface area contributed by atoms with Crippen LogP contribution in [-0.2, 0) is 13.6 Å². The maximum atomic E-state index is 9.73. The largest absolute Gasteiger partial charge is 0.392 e. The minimum Gasteiger partial charge on any atom is -0.392 e. The number of benzene rings is 1. The van der Waals surface area contributed by atoms with Crippen molar-refractivity contribution in [2.24, 2.45) is 7.05 Å². The maximum absolute atomic E-state index is 9.73. The Kier molecular flexibility index (Phi) is 3.80. The maximum Gasteiger partial charge on any atom is 0.163 e. The van der Waals surface area contributed by atoms with Gasteiger partial charge in [-0.25, -0.2) is 0 Å². The highest BCUT2D eigenvalue weighted by Crippen LogP contribution is 2.18. The minimum atomic E-state index is -0.203. The zero-order valence-electron chi connectivity index (χ0n) is 11.7. The Morgan fingerprint density at radius 2 is 2.05 bits per heavy atom. The van der Waals surface area contributed by atoms with Gasteiger partial charge in [-0.05, 0) is 19.4 Å². The van der Waals surface area contributed by atoms with Gasteiger partial charge < -0.3 is 9.67 Å². The summed E-state index contributed by atoms with van der Waals surface area (Å²) in [6.45, 7) is 2.49. The molecule has 0 spiro atoms. The van der Waals surface area contributed by atoms with E-state index >= 15 is 0 Å². The van der Waals surface area contributed by atoms with Crippen LogP contribution in [0.15, 0.2) is 30.3 Å². The van der Waals surface area contributed by atoms with Crippen molar-refractivity contribution in [1.82, 2.24) is 19.7 Å². The molecule has 5 nitrogen and oxygen atoms in total. The van der Waals surface area contributed by atoms with Gasteiger partial charge in [-0.2, -0.15) is 0 Å². The molecule has 2 aromatic rings. The Balaban J connectivity index is 1.77. The number of nitrogens with zero attached hydrogens (tertiary/aromatic N) is 4. The van der Waals surface area contributed by atoms with E-state index in [1.807, 2.05) is 41.9 Å². The number of aromatic nitrogens is 3. The van der Waals surface area contributed by atoms with Crippen LogP contribution in [-0.4, -0.2) is 44.0 Å². The van der Waals surface area contributed by atoms with Gasteiger partial charge in [0.25, 0.3) is 0 Å². The quantitative estimate of drug-likeness (QED) is 0.918. The van der Waals surface area contributed by atoms with E-state index in [-0.39, 0.29) is 6.10 Å². The van der Waals surface area contributed by atoms with Crippen LogP contribution in [0.25, 0.3) is 11.4 Å². The molecule has 1 aromatic carbocycles. The zero-order chi connectivity index (χ0) is 13.9. The van der Waals surface area contributed by atoms with Gasteiger partial charge in [0.1, 0.15) is 5.82 Å². The van der Waals surface area contributed by atoms with Crippen molar-refractivity contribution in [3.05, 3.63) is 36.2 Å². The molecule has 1 aliphatic heterocycles. The lowest BCUT2D eigenvalue weighted by Crippen LogP contribution is -2.38. The SMILES string of the molecule is Cn1c(CN2CCCC(O)C2)nnc1-c1ccccc1. The first-order chi connectivity index (χ1) is 9.74. The van der Waals surface area contributed by atoms with E-state index in [0.29, 0.717) is 0 Å². The molecular formula is C15H20N4O. The Morgan fingerprint density at radius 3 is 2.80 bits per heavy atom. The Labute approximate surface area is 118 Å². The fourth-order valence-electron chi connectivity index (χ4n) is 2.71. The van der Waals surface area contributed by atoms with Crippen molar-refractivity contribution in [3.8, 4) is 11.4 Å². The van der Waals surface area contributed by atoms with Gasteiger partial charge in [0.2, 0.25) is 0 Å². The second-order valence-corrected chi connectivity index (χ2v) is 5.40. The van der Waals surface area contributed by atoms with Gasteiger partial charge in [-0.15, -0.1) is 10.2 Å². The first-order valence-electron chi connectivity index (χ1n) is 7.08. The summed E-state index contributed by atoms with van der Waals surface area (Å²) in [6, 6.07) is 10.1. The summed E-state index contributed by atoms with van der Waals surface area (Å²) < 4.78 is 2.04. The normalized spacial score (nSPS) is 20.2. The van der Waals surface area contributed by atoms with E-state index < -0.39 is 0 Å². The van der Waals surface area contributed by atoms with Crippen LogP contribution in [0.1, 0.15) is 18.7 Å². The van der Waals surface area contributed by atoms with E-state index in [0.717, 1.165) is 49.7 Å². The fourth-order valence-corrected chi connectivity index (χ4v) is 2.71. The number of β-amino-alcohol motifs (C(OH)–C–C–N with tert-alkyl or cyclic N) is 1. The molecule has 1 atom stereocenters. The lowest BCUT2D eigenvalue weighted by molar-refractivity contribution is 0.0650. The monoisotopic (exact) mass is 272 g/mol. The third-order valence-electron chi connectivity index (χ3n) is 3.84. The van der Waals surface area contributed by atoms with Gasteiger partial charge in [0, 0.05) is 19.2 Å². The highest BCUT2D eigenvalue weighted by atomic mass is 16.3. The number of rotatable bonds is 3. The van der Waals surface area contributed by atoms with Crippen molar-refractivity contribution >= 4 is 0 Å². The molecule has 1 fully saturated rings. The average molecular weight is 272 g/mol. The molecule has 0 radical (unpaired) electrons. The fraction of sp³-hybridized carbons (Fsp3) is 0.467. The first-order valence-corrected chi connectivity index (χ1v) is 7.08. The molecule has 2 heterocycles. The zero-order valence-corrected chi connectivity index (χ0v) is 11.7. The van der Waals surface area contributed by atoms with Gasteiger partial charge in [-0.1, -0.05) is 30.3 Å². The van der Waals surface area contributed by atoms with Gasteiger partial charge in [-0.3, -0.25) is 4.90 Å². The number of hydrogen-bond acceptors (Lipinski definition) is 4. The highest BCUT2D eigenvalue weighted by molar-refractivity contribution is 5.54. The molecule has 20 heavy (non-hydrogen) atoms. The van der Waals surface area contributed by atoms with Crippen LogP contribution in [0, 0.1) is 0 Å². The summed E-state index contributed by atoms with van der Waals surface area (Å²) in [4.78, 5) is 2.24. The predicted octanol–water partition coefficient (Wildman–Crippen LogP) is 1.44. The van der Waals surface area contributed by atoms with Crippen LogP contribution in [0.3, 0.4) is 0 Å². The summed E-state index contributed by atoms with van der Waals surface area (Å²) in [5.41, 5.74) is 1.08. The van der Waals surface area contributed by atoms with Crippen molar-refractivity contribution in [1.29, 1.82) is 0 Å². The molecular weight excluding hydrogens is 252 g/mol.